The third kappa shape index (κ3) is 8.16. The lowest BCUT2D eigenvalue weighted by molar-refractivity contribution is -0.173. The van der Waals surface area contributed by atoms with Gasteiger partial charge >= 0.3 is 0 Å². The molecule has 2 aliphatic heterocycles. The van der Waals surface area contributed by atoms with Gasteiger partial charge in [-0.2, -0.15) is 10.0 Å². The summed E-state index contributed by atoms with van der Waals surface area (Å²) in [7, 11) is -3.24. The number of Topliss-reactive ketones (excluding diaryl/α,β-unsaturated/α-hetero) is 1. The van der Waals surface area contributed by atoms with Gasteiger partial charge in [-0.25, -0.2) is 9.29 Å². The number of piperidine rings is 1. The van der Waals surface area contributed by atoms with Crippen molar-refractivity contribution < 1.29 is 23.8 Å². The van der Waals surface area contributed by atoms with Crippen LogP contribution in [0.2, 0.25) is 0 Å². The fraction of sp³-hybridized carbons (Fsp3) is 0.400. The second kappa shape index (κ2) is 13.9. The van der Waals surface area contributed by atoms with E-state index in [0.29, 0.717) is 55.7 Å². The highest BCUT2D eigenvalue weighted by Crippen LogP contribution is 2.52. The zero-order chi connectivity index (χ0) is 27.8. The molecule has 14 heteroatoms. The summed E-state index contributed by atoms with van der Waals surface area (Å²) in [4.78, 5) is 26.5. The molecule has 212 valence electrons. The first-order valence-electron chi connectivity index (χ1n) is 12.5. The van der Waals surface area contributed by atoms with E-state index in [0.717, 1.165) is 24.6 Å². The van der Waals surface area contributed by atoms with Crippen LogP contribution in [0.15, 0.2) is 54.2 Å². The van der Waals surface area contributed by atoms with Crippen molar-refractivity contribution >= 4 is 71.8 Å². The Hall–Kier alpha value is -2.20. The summed E-state index contributed by atoms with van der Waals surface area (Å²) in [5, 5.41) is 17.4. The number of nitrogens with one attached hydrogen (secondary N) is 1. The van der Waals surface area contributed by atoms with E-state index in [1.54, 1.807) is 36.7 Å². The van der Waals surface area contributed by atoms with E-state index in [9.17, 15) is 19.0 Å². The first kappa shape index (κ1) is 29.8. The highest BCUT2D eigenvalue weighted by molar-refractivity contribution is 9.10. The van der Waals surface area contributed by atoms with Crippen LogP contribution in [0.4, 0.5) is 23.1 Å². The SMILES string of the molecule is O=C1CCN(OCCC(CCCBr)N(Br)c2nccc(Nc3ccc(O)cc3N3C=CC=CS3(O)O)n2)CC1. The lowest BCUT2D eigenvalue weighted by Crippen LogP contribution is -2.36. The molecule has 1 saturated heterocycles. The monoisotopic (exact) mass is 686 g/mol. The fourth-order valence-corrected chi connectivity index (χ4v) is 6.18. The molecule has 1 aromatic heterocycles. The Morgan fingerprint density at radius 1 is 1.18 bits per heavy atom. The van der Waals surface area contributed by atoms with Crippen molar-refractivity contribution in [3.63, 3.8) is 0 Å². The second-order valence-electron chi connectivity index (χ2n) is 9.01. The van der Waals surface area contributed by atoms with Gasteiger partial charge in [0.15, 0.2) is 0 Å². The molecule has 0 bridgehead atoms. The van der Waals surface area contributed by atoms with Crippen molar-refractivity contribution in [2.75, 3.05) is 38.6 Å². The van der Waals surface area contributed by atoms with Crippen molar-refractivity contribution in [1.82, 2.24) is 15.0 Å². The highest BCUT2D eigenvalue weighted by Gasteiger charge is 2.25. The number of halogens is 2. The molecule has 1 atom stereocenters. The third-order valence-corrected chi connectivity index (χ3v) is 9.07. The average molecular weight is 688 g/mol. The molecule has 2 aliphatic rings. The molecule has 1 aromatic carbocycles. The summed E-state index contributed by atoms with van der Waals surface area (Å²) >= 11 is 7.18. The number of anilines is 4. The molecule has 0 saturated carbocycles. The van der Waals surface area contributed by atoms with E-state index >= 15 is 0 Å². The Bertz CT molecular complexity index is 1190. The molecule has 1 unspecified atom stereocenters. The van der Waals surface area contributed by atoms with Gasteiger partial charge in [0, 0.05) is 61.2 Å². The van der Waals surface area contributed by atoms with Crippen LogP contribution in [0.5, 0.6) is 5.75 Å². The number of phenolic OH excluding ortho intramolecular Hbond substituents is 1. The molecule has 39 heavy (non-hydrogen) atoms. The molecule has 0 aliphatic carbocycles. The van der Waals surface area contributed by atoms with Crippen LogP contribution in [0.3, 0.4) is 0 Å². The Labute approximate surface area is 246 Å². The van der Waals surface area contributed by atoms with Gasteiger partial charge in [-0.3, -0.25) is 22.7 Å². The molecule has 0 radical (unpaired) electrons. The summed E-state index contributed by atoms with van der Waals surface area (Å²) in [5.74, 6) is 1.20. The maximum atomic E-state index is 11.5. The van der Waals surface area contributed by atoms with E-state index in [-0.39, 0.29) is 17.6 Å². The van der Waals surface area contributed by atoms with Gasteiger partial charge in [0.2, 0.25) is 5.95 Å². The molecule has 11 nitrogen and oxygen atoms in total. The summed E-state index contributed by atoms with van der Waals surface area (Å²) < 4.78 is 24.2. The van der Waals surface area contributed by atoms with Crippen LogP contribution in [0.25, 0.3) is 0 Å². The molecular formula is C25H32Br2N6O5S. The zero-order valence-corrected chi connectivity index (χ0v) is 25.2. The maximum Gasteiger partial charge on any atom is 0.237 e. The third-order valence-electron chi connectivity index (χ3n) is 6.20. The predicted octanol–water partition coefficient (Wildman–Crippen LogP) is 6.09. The summed E-state index contributed by atoms with van der Waals surface area (Å²) in [5.41, 5.74) is 0.890. The number of alkyl halides is 1. The summed E-state index contributed by atoms with van der Waals surface area (Å²) in [6.07, 6.45) is 10.0. The van der Waals surface area contributed by atoms with Gasteiger partial charge in [0.25, 0.3) is 0 Å². The largest absolute Gasteiger partial charge is 0.508 e. The Morgan fingerprint density at radius 2 is 1.97 bits per heavy atom. The predicted molar refractivity (Wildman–Crippen MR) is 162 cm³/mol. The number of allylic oxidation sites excluding steroid dienone is 2. The van der Waals surface area contributed by atoms with Gasteiger partial charge < -0.3 is 10.4 Å². The lowest BCUT2D eigenvalue weighted by Gasteiger charge is -2.41. The molecule has 4 N–H and O–H groups in total. The van der Waals surface area contributed by atoms with Crippen molar-refractivity contribution in [2.24, 2.45) is 0 Å². The standard InChI is InChI=1S/C25H32Br2N6O5S/c26-11-3-4-19(10-16-38-31-14-8-20(34)9-15-31)33(27)25-28-12-7-24(30-25)29-22-6-5-21(35)18-23(22)32-13-1-2-17-39(32,36)37/h1-2,5-7,12-13,17-19,35-37H,3-4,8-11,14-16H2,(H,28,29,30). The summed E-state index contributed by atoms with van der Waals surface area (Å²) in [6.45, 7) is 1.75. The molecule has 0 amide bonds. The van der Waals surface area contributed by atoms with E-state index < -0.39 is 10.8 Å². The minimum Gasteiger partial charge on any atom is -0.508 e. The molecule has 4 rings (SSSR count). The van der Waals surface area contributed by atoms with Crippen LogP contribution < -0.4 is 13.5 Å². The number of carbonyl (C=O) groups is 1. The number of ketones is 1. The normalized spacial score (nSPS) is 18.7. The summed E-state index contributed by atoms with van der Waals surface area (Å²) in [6, 6.07) is 6.36. The minimum atomic E-state index is -3.24. The van der Waals surface area contributed by atoms with E-state index in [1.165, 1.54) is 21.8 Å². The van der Waals surface area contributed by atoms with Gasteiger partial charge in [-0.1, -0.05) is 26.7 Å². The lowest BCUT2D eigenvalue weighted by atomic mass is 10.1. The number of hydroxylamine groups is 2. The number of hydrogen-bond donors (Lipinski definition) is 4. The van der Waals surface area contributed by atoms with Crippen molar-refractivity contribution in [2.45, 2.75) is 38.1 Å². The second-order valence-corrected chi connectivity index (χ2v) is 12.4. The molecule has 1 fully saturated rings. The maximum absolute atomic E-state index is 11.5. The molecular weight excluding hydrogens is 656 g/mol. The van der Waals surface area contributed by atoms with Crippen LogP contribution >= 0.6 is 42.9 Å². The van der Waals surface area contributed by atoms with Crippen LogP contribution in [-0.2, 0) is 9.63 Å². The molecule has 0 spiro atoms. The van der Waals surface area contributed by atoms with Gasteiger partial charge in [-0.15, -0.1) is 0 Å². The average Bonchev–Trinajstić information content (AvgIpc) is 2.92. The Balaban J connectivity index is 1.47. The number of phenols is 1. The Kier molecular flexibility index (Phi) is 10.6. The number of hydrogen-bond acceptors (Lipinski definition) is 11. The van der Waals surface area contributed by atoms with Crippen molar-refractivity contribution in [3.8, 4) is 5.75 Å². The van der Waals surface area contributed by atoms with Crippen molar-refractivity contribution in [1.29, 1.82) is 0 Å². The van der Waals surface area contributed by atoms with Crippen LogP contribution in [0, 0.1) is 0 Å². The first-order chi connectivity index (χ1) is 18.8. The molecule has 2 aromatic rings. The number of carbonyl (C=O) groups excluding carboxylic acids is 1. The van der Waals surface area contributed by atoms with Crippen LogP contribution in [0.1, 0.15) is 32.1 Å². The number of aromatic nitrogens is 2. The topological polar surface area (TPSA) is 135 Å². The van der Waals surface area contributed by atoms with Crippen molar-refractivity contribution in [3.05, 3.63) is 54.2 Å². The van der Waals surface area contributed by atoms with Gasteiger partial charge in [-0.05, 0) is 49.6 Å². The number of aromatic hydroxyl groups is 1. The minimum absolute atomic E-state index is 0.0169. The van der Waals surface area contributed by atoms with E-state index in [2.05, 4.69) is 47.4 Å². The number of rotatable bonds is 12. The first-order valence-corrected chi connectivity index (χ1v) is 15.9. The number of benzene rings is 1. The fourth-order valence-electron chi connectivity index (χ4n) is 4.16. The van der Waals surface area contributed by atoms with Crippen LogP contribution in [-0.4, -0.2) is 66.1 Å². The zero-order valence-electron chi connectivity index (χ0n) is 21.2. The number of nitrogens with zero attached hydrogens (tertiary/aromatic N) is 5. The molecule has 3 heterocycles. The smallest absolute Gasteiger partial charge is 0.237 e. The Morgan fingerprint density at radius 3 is 2.72 bits per heavy atom. The van der Waals surface area contributed by atoms with Gasteiger partial charge in [0.1, 0.15) is 17.4 Å². The van der Waals surface area contributed by atoms with E-state index in [1.807, 2.05) is 8.99 Å². The highest BCUT2D eigenvalue weighted by atomic mass is 79.9. The van der Waals surface area contributed by atoms with Gasteiger partial charge in [0.05, 0.1) is 34.1 Å². The van der Waals surface area contributed by atoms with E-state index in [4.69, 9.17) is 4.84 Å². The quantitative estimate of drug-likeness (QED) is 0.117.